The van der Waals surface area contributed by atoms with Crippen LogP contribution in [0.1, 0.15) is 17.0 Å². The van der Waals surface area contributed by atoms with Gasteiger partial charge in [0.05, 0.1) is 12.3 Å². The van der Waals surface area contributed by atoms with Crippen LogP contribution in [0.4, 0.5) is 5.88 Å². The van der Waals surface area contributed by atoms with Crippen LogP contribution < -0.4 is 0 Å². The van der Waals surface area contributed by atoms with Crippen LogP contribution in [0.2, 0.25) is 0 Å². The molecule has 1 amide bonds. The Labute approximate surface area is 121 Å². The lowest BCUT2D eigenvalue weighted by atomic mass is 10.3. The first kappa shape index (κ1) is 15.4. The molecule has 21 heavy (non-hydrogen) atoms. The molecule has 1 fully saturated rings. The topological polar surface area (TPSA) is 114 Å². The number of hydrogen-bond acceptors (Lipinski definition) is 6. The monoisotopic (exact) mass is 317 g/mol. The number of hydrogen-bond donors (Lipinski definition) is 0. The molecule has 1 aliphatic rings. The lowest BCUT2D eigenvalue weighted by Crippen LogP contribution is -2.36. The average Bonchev–Trinajstić information content (AvgIpc) is 2.74. The number of carbonyl (C=O) groups is 1. The lowest BCUT2D eigenvalue weighted by Gasteiger charge is -2.19. The third kappa shape index (κ3) is 3.58. The fourth-order valence-corrected chi connectivity index (χ4v) is 3.00. The van der Waals surface area contributed by atoms with Gasteiger partial charge in [0.2, 0.25) is 10.0 Å². The zero-order valence-electron chi connectivity index (χ0n) is 11.4. The van der Waals surface area contributed by atoms with Crippen molar-refractivity contribution in [3.05, 3.63) is 28.0 Å². The van der Waals surface area contributed by atoms with E-state index in [2.05, 4.69) is 0 Å². The molecule has 1 aliphatic heterocycles. The highest BCUT2D eigenvalue weighted by Crippen LogP contribution is 2.18. The molecule has 10 heteroatoms. The van der Waals surface area contributed by atoms with E-state index < -0.39 is 26.7 Å². The van der Waals surface area contributed by atoms with Crippen molar-refractivity contribution >= 4 is 21.8 Å². The molecule has 0 N–H and O–H groups in total. The van der Waals surface area contributed by atoms with Crippen molar-refractivity contribution in [2.45, 2.75) is 6.42 Å². The van der Waals surface area contributed by atoms with Crippen molar-refractivity contribution in [3.63, 3.8) is 0 Å². The molecular weight excluding hydrogens is 302 g/mol. The van der Waals surface area contributed by atoms with Crippen molar-refractivity contribution < 1.29 is 22.6 Å². The Morgan fingerprint density at radius 2 is 2.00 bits per heavy atom. The minimum atomic E-state index is -3.29. The molecule has 1 aromatic heterocycles. The van der Waals surface area contributed by atoms with Gasteiger partial charge in [-0.3, -0.25) is 14.9 Å². The van der Waals surface area contributed by atoms with Crippen molar-refractivity contribution in [1.29, 1.82) is 0 Å². The van der Waals surface area contributed by atoms with Crippen LogP contribution in [0.25, 0.3) is 0 Å². The maximum atomic E-state index is 12.2. The molecule has 9 nitrogen and oxygen atoms in total. The molecule has 0 saturated carbocycles. The van der Waals surface area contributed by atoms with Crippen molar-refractivity contribution in [1.82, 2.24) is 9.21 Å². The molecule has 1 saturated heterocycles. The molecular formula is C11H15N3O6S. The number of nitrogens with zero attached hydrogens (tertiary/aromatic N) is 3. The van der Waals surface area contributed by atoms with Gasteiger partial charge in [-0.05, 0) is 12.5 Å². The Balaban J connectivity index is 2.08. The molecule has 0 aliphatic carbocycles. The minimum absolute atomic E-state index is 0.116. The van der Waals surface area contributed by atoms with Crippen LogP contribution in [0.3, 0.4) is 0 Å². The number of sulfonamides is 1. The molecule has 2 heterocycles. The zero-order chi connectivity index (χ0) is 15.6. The first-order valence-corrected chi connectivity index (χ1v) is 8.12. The second-order valence-electron chi connectivity index (χ2n) is 4.70. The summed E-state index contributed by atoms with van der Waals surface area (Å²) in [4.78, 5) is 23.4. The van der Waals surface area contributed by atoms with Gasteiger partial charge in [-0.2, -0.15) is 0 Å². The van der Waals surface area contributed by atoms with Crippen molar-refractivity contribution in [3.8, 4) is 0 Å². The van der Waals surface area contributed by atoms with Gasteiger partial charge in [-0.25, -0.2) is 12.7 Å². The summed E-state index contributed by atoms with van der Waals surface area (Å²) in [7, 11) is -3.29. The third-order valence-electron chi connectivity index (χ3n) is 3.19. The average molecular weight is 317 g/mol. The second-order valence-corrected chi connectivity index (χ2v) is 6.69. The van der Waals surface area contributed by atoms with Gasteiger partial charge < -0.3 is 9.32 Å². The summed E-state index contributed by atoms with van der Waals surface area (Å²) in [6.07, 6.45) is 1.63. The number of nitro groups is 1. The van der Waals surface area contributed by atoms with Crippen LogP contribution in [0.5, 0.6) is 0 Å². The number of rotatable bonds is 3. The normalized spacial score (nSPS) is 17.5. The lowest BCUT2D eigenvalue weighted by molar-refractivity contribution is -0.402. The number of amides is 1. The smallest absolute Gasteiger partial charge is 0.395 e. The maximum Gasteiger partial charge on any atom is 0.433 e. The van der Waals surface area contributed by atoms with E-state index >= 15 is 0 Å². The van der Waals surface area contributed by atoms with E-state index in [9.17, 15) is 23.3 Å². The Hall–Kier alpha value is -1.94. The van der Waals surface area contributed by atoms with Crippen LogP contribution in [-0.4, -0.2) is 60.9 Å². The molecule has 0 aromatic carbocycles. The third-order valence-corrected chi connectivity index (χ3v) is 4.50. The molecule has 0 atom stereocenters. The van der Waals surface area contributed by atoms with E-state index in [0.29, 0.717) is 19.5 Å². The predicted octanol–water partition coefficient (Wildman–Crippen LogP) is 0.295. The van der Waals surface area contributed by atoms with E-state index in [1.54, 1.807) is 0 Å². The summed E-state index contributed by atoms with van der Waals surface area (Å²) in [5, 5.41) is 10.5. The number of carbonyl (C=O) groups excluding carboxylic acids is 1. The van der Waals surface area contributed by atoms with E-state index in [0.717, 1.165) is 12.3 Å². The molecule has 0 radical (unpaired) electrons. The van der Waals surface area contributed by atoms with Gasteiger partial charge in [0.15, 0.2) is 5.76 Å². The highest BCUT2D eigenvalue weighted by molar-refractivity contribution is 7.88. The number of furan rings is 1. The molecule has 0 spiro atoms. The standard InChI is InChI=1S/C11H15N3O6S/c1-21(18,19)13-6-2-5-12(7-8-13)11(15)9-3-4-10(20-9)14(16)17/h3-4H,2,5-8H2,1H3. The fourth-order valence-electron chi connectivity index (χ4n) is 2.13. The summed E-state index contributed by atoms with van der Waals surface area (Å²) < 4.78 is 29.2. The Morgan fingerprint density at radius 3 is 2.57 bits per heavy atom. The van der Waals surface area contributed by atoms with Gasteiger partial charge in [0.1, 0.15) is 4.92 Å². The SMILES string of the molecule is CS(=O)(=O)N1CCCN(C(=O)c2ccc([N+](=O)[O-])o2)CC1. The maximum absolute atomic E-state index is 12.2. The van der Waals surface area contributed by atoms with Gasteiger partial charge in [-0.1, -0.05) is 0 Å². The molecule has 1 aromatic rings. The molecule has 0 unspecified atom stereocenters. The summed E-state index contributed by atoms with van der Waals surface area (Å²) >= 11 is 0. The van der Waals surface area contributed by atoms with Crippen LogP contribution in [0, 0.1) is 10.1 Å². The first-order valence-electron chi connectivity index (χ1n) is 6.27. The van der Waals surface area contributed by atoms with Crippen molar-refractivity contribution in [2.24, 2.45) is 0 Å². The fraction of sp³-hybridized carbons (Fsp3) is 0.545. The summed E-state index contributed by atoms with van der Waals surface area (Å²) in [5.41, 5.74) is 0. The highest BCUT2D eigenvalue weighted by atomic mass is 32.2. The Bertz CT molecular complexity index is 653. The van der Waals surface area contributed by atoms with Gasteiger partial charge in [0.25, 0.3) is 5.91 Å². The minimum Gasteiger partial charge on any atom is -0.395 e. The summed E-state index contributed by atoms with van der Waals surface area (Å²) in [5.74, 6) is -1.08. The predicted molar refractivity (Wildman–Crippen MR) is 72.3 cm³/mol. The van der Waals surface area contributed by atoms with E-state index in [-0.39, 0.29) is 18.8 Å². The summed E-state index contributed by atoms with van der Waals surface area (Å²) in [6, 6.07) is 2.37. The van der Waals surface area contributed by atoms with E-state index in [4.69, 9.17) is 4.42 Å². The molecule has 116 valence electrons. The van der Waals surface area contributed by atoms with E-state index in [1.165, 1.54) is 15.3 Å². The van der Waals surface area contributed by atoms with Crippen LogP contribution in [0.15, 0.2) is 16.5 Å². The largest absolute Gasteiger partial charge is 0.433 e. The van der Waals surface area contributed by atoms with Gasteiger partial charge in [-0.15, -0.1) is 0 Å². The second kappa shape index (κ2) is 5.82. The van der Waals surface area contributed by atoms with Gasteiger partial charge in [0, 0.05) is 26.2 Å². The Morgan fingerprint density at radius 1 is 1.29 bits per heavy atom. The van der Waals surface area contributed by atoms with Crippen LogP contribution >= 0.6 is 0 Å². The first-order chi connectivity index (χ1) is 9.79. The van der Waals surface area contributed by atoms with Gasteiger partial charge >= 0.3 is 5.88 Å². The zero-order valence-corrected chi connectivity index (χ0v) is 12.2. The molecule has 0 bridgehead atoms. The van der Waals surface area contributed by atoms with Crippen molar-refractivity contribution in [2.75, 3.05) is 32.4 Å². The highest BCUT2D eigenvalue weighted by Gasteiger charge is 2.27. The quantitative estimate of drug-likeness (QED) is 0.585. The summed E-state index contributed by atoms with van der Waals surface area (Å²) in [6.45, 7) is 1.15. The van der Waals surface area contributed by atoms with E-state index in [1.807, 2.05) is 0 Å². The molecule has 2 rings (SSSR count). The van der Waals surface area contributed by atoms with Crippen LogP contribution in [-0.2, 0) is 10.0 Å². The Kier molecular flexibility index (Phi) is 4.28.